The number of aliphatic hydroxyl groups is 3. The van der Waals surface area contributed by atoms with Crippen molar-refractivity contribution in [2.75, 3.05) is 0 Å². The highest BCUT2D eigenvalue weighted by Gasteiger charge is 2.48. The van der Waals surface area contributed by atoms with Crippen LogP contribution in [0.15, 0.2) is 39.5 Å². The highest BCUT2D eigenvalue weighted by Crippen LogP contribution is 2.39. The van der Waals surface area contributed by atoms with Gasteiger partial charge in [0.05, 0.1) is 0 Å². The highest BCUT2D eigenvalue weighted by molar-refractivity contribution is 7.81. The van der Waals surface area contributed by atoms with Crippen LogP contribution in [0, 0.1) is 0 Å². The summed E-state index contributed by atoms with van der Waals surface area (Å²) in [5.41, 5.74) is -1.91. The molecule has 0 saturated carbocycles. The molecule has 1 aliphatic rings. The van der Waals surface area contributed by atoms with E-state index in [4.69, 9.17) is 18.4 Å². The van der Waals surface area contributed by atoms with Crippen molar-refractivity contribution in [1.82, 2.24) is 0 Å². The SMILES string of the molecule is O=C(O)[C@H]1O[C@@H](Oc2c(-c3ccc(O)c(O)c3)oc3cc(OS(=O)(=O)O)cc(O)c3c2=O)C(O)C(O)[C@@H]1O. The zero-order valence-corrected chi connectivity index (χ0v) is 19.3. The number of ether oxygens (including phenoxy) is 2. The summed E-state index contributed by atoms with van der Waals surface area (Å²) in [5, 5.41) is 68.8. The lowest BCUT2D eigenvalue weighted by Crippen LogP contribution is -2.61. The van der Waals surface area contributed by atoms with Gasteiger partial charge >= 0.3 is 16.4 Å². The van der Waals surface area contributed by atoms with Gasteiger partial charge in [0.15, 0.2) is 29.1 Å². The van der Waals surface area contributed by atoms with Crippen LogP contribution >= 0.6 is 0 Å². The molecule has 2 unspecified atom stereocenters. The fourth-order valence-corrected chi connectivity index (χ4v) is 3.99. The Hall–Kier alpha value is -4.13. The first-order chi connectivity index (χ1) is 17.7. The maximum atomic E-state index is 13.4. The number of phenolic OH excluding ortho intramolecular Hbond substituents is 3. The van der Waals surface area contributed by atoms with E-state index in [2.05, 4.69) is 4.18 Å². The second kappa shape index (κ2) is 9.63. The molecule has 3 aromatic rings. The molecule has 2 aromatic carbocycles. The number of phenols is 3. The lowest BCUT2D eigenvalue weighted by atomic mass is 9.99. The molecule has 0 amide bonds. The first-order valence-electron chi connectivity index (χ1n) is 10.3. The van der Waals surface area contributed by atoms with E-state index in [-0.39, 0.29) is 5.56 Å². The molecule has 0 aliphatic carbocycles. The lowest BCUT2D eigenvalue weighted by Gasteiger charge is -2.38. The maximum Gasteiger partial charge on any atom is 0.446 e. The molecule has 1 aromatic heterocycles. The van der Waals surface area contributed by atoms with Crippen molar-refractivity contribution in [2.45, 2.75) is 30.7 Å². The number of carbonyl (C=O) groups is 1. The fraction of sp³-hybridized carbons (Fsp3) is 0.238. The number of carboxylic acids is 1. The maximum absolute atomic E-state index is 13.4. The van der Waals surface area contributed by atoms with Crippen LogP contribution in [-0.2, 0) is 19.9 Å². The van der Waals surface area contributed by atoms with Crippen molar-refractivity contribution in [2.24, 2.45) is 0 Å². The van der Waals surface area contributed by atoms with Crippen molar-refractivity contribution in [1.29, 1.82) is 0 Å². The normalized spacial score (nSPS) is 23.7. The molecule has 0 spiro atoms. The lowest BCUT2D eigenvalue weighted by molar-refractivity contribution is -0.271. The topological polar surface area (TPSA) is 271 Å². The van der Waals surface area contributed by atoms with E-state index in [1.54, 1.807) is 0 Å². The van der Waals surface area contributed by atoms with E-state index in [1.165, 1.54) is 0 Å². The molecule has 1 fully saturated rings. The Morgan fingerprint density at radius 2 is 1.61 bits per heavy atom. The average molecular weight is 558 g/mol. The molecular formula is C21H18O16S. The molecule has 204 valence electrons. The van der Waals surface area contributed by atoms with E-state index in [0.717, 1.165) is 24.3 Å². The Kier molecular flexibility index (Phi) is 6.82. The molecule has 2 heterocycles. The molecule has 4 rings (SSSR count). The van der Waals surface area contributed by atoms with Gasteiger partial charge in [-0.25, -0.2) is 4.79 Å². The Morgan fingerprint density at radius 3 is 2.21 bits per heavy atom. The number of carboxylic acid groups (broad SMARTS) is 1. The zero-order chi connectivity index (χ0) is 28.1. The van der Waals surface area contributed by atoms with E-state index in [1.807, 2.05) is 0 Å². The molecule has 0 bridgehead atoms. The summed E-state index contributed by atoms with van der Waals surface area (Å²) in [4.78, 5) is 24.8. The third kappa shape index (κ3) is 5.01. The minimum atomic E-state index is -5.05. The molecule has 1 aliphatic heterocycles. The summed E-state index contributed by atoms with van der Waals surface area (Å²) in [6, 6.07) is 4.45. The van der Waals surface area contributed by atoms with E-state index in [0.29, 0.717) is 6.07 Å². The Balaban J connectivity index is 1.93. The van der Waals surface area contributed by atoms with Gasteiger partial charge in [0.25, 0.3) is 0 Å². The quantitative estimate of drug-likeness (QED) is 0.133. The van der Waals surface area contributed by atoms with Crippen LogP contribution in [0.25, 0.3) is 22.3 Å². The van der Waals surface area contributed by atoms with Crippen LogP contribution in [0.4, 0.5) is 0 Å². The predicted octanol–water partition coefficient (Wildman–Crippen LogP) is -0.971. The summed E-state index contributed by atoms with van der Waals surface area (Å²) in [7, 11) is -5.05. The summed E-state index contributed by atoms with van der Waals surface area (Å²) >= 11 is 0. The van der Waals surface area contributed by atoms with Gasteiger partial charge in [-0.15, -0.1) is 0 Å². The number of aliphatic carboxylic acids is 1. The molecule has 38 heavy (non-hydrogen) atoms. The van der Waals surface area contributed by atoms with Crippen molar-refractivity contribution in [3.8, 4) is 40.1 Å². The van der Waals surface area contributed by atoms with Crippen LogP contribution in [-0.4, -0.2) is 85.4 Å². The number of fused-ring (bicyclic) bond motifs is 1. The second-order valence-corrected chi connectivity index (χ2v) is 8.99. The standard InChI is InChI=1S/C21H18O16S/c22-8-2-1-6(3-9(8)23)17-18(35-21-16(28)14(26)15(27)19(36-21)20(29)30)13(25)12-10(24)4-7(5-11(12)34-17)37-38(31,32)33/h1-5,14-16,19,21-24,26-28H,(H,29,30)(H,31,32,33)/t14?,15-,16?,19-,21+/m0/s1. The van der Waals surface area contributed by atoms with Gasteiger partial charge in [-0.3, -0.25) is 9.35 Å². The molecule has 17 heteroatoms. The minimum absolute atomic E-state index is 0.171. The van der Waals surface area contributed by atoms with Gasteiger partial charge < -0.3 is 53.8 Å². The van der Waals surface area contributed by atoms with Gasteiger partial charge in [-0.05, 0) is 18.2 Å². The molecule has 5 atom stereocenters. The first kappa shape index (κ1) is 26.9. The number of hydrogen-bond acceptors (Lipinski definition) is 14. The van der Waals surface area contributed by atoms with Crippen LogP contribution in [0.5, 0.6) is 28.7 Å². The number of aromatic hydroxyl groups is 3. The van der Waals surface area contributed by atoms with E-state index in [9.17, 15) is 53.8 Å². The summed E-state index contributed by atoms with van der Waals surface area (Å²) in [6.45, 7) is 0. The number of hydrogen-bond donors (Lipinski definition) is 8. The van der Waals surface area contributed by atoms with Crippen LogP contribution in [0.3, 0.4) is 0 Å². The van der Waals surface area contributed by atoms with Crippen molar-refractivity contribution < 1.29 is 71.6 Å². The smallest absolute Gasteiger partial charge is 0.446 e. The monoisotopic (exact) mass is 558 g/mol. The highest BCUT2D eigenvalue weighted by atomic mass is 32.3. The Morgan fingerprint density at radius 1 is 0.921 bits per heavy atom. The minimum Gasteiger partial charge on any atom is -0.507 e. The van der Waals surface area contributed by atoms with Gasteiger partial charge in [-0.2, -0.15) is 8.42 Å². The number of aliphatic hydroxyl groups excluding tert-OH is 3. The van der Waals surface area contributed by atoms with E-state index >= 15 is 0 Å². The Bertz CT molecular complexity index is 1580. The molecular weight excluding hydrogens is 540 g/mol. The molecule has 0 radical (unpaired) electrons. The third-order valence-corrected chi connectivity index (χ3v) is 5.80. The summed E-state index contributed by atoms with van der Waals surface area (Å²) in [6.07, 6.45) is -10.5. The van der Waals surface area contributed by atoms with Gasteiger partial charge in [0, 0.05) is 17.7 Å². The number of rotatable bonds is 6. The van der Waals surface area contributed by atoms with Crippen LogP contribution in [0.1, 0.15) is 0 Å². The fourth-order valence-electron chi connectivity index (χ4n) is 3.65. The predicted molar refractivity (Wildman–Crippen MR) is 120 cm³/mol. The van der Waals surface area contributed by atoms with Crippen molar-refractivity contribution in [3.63, 3.8) is 0 Å². The van der Waals surface area contributed by atoms with Gasteiger partial charge in [0.2, 0.25) is 17.5 Å². The van der Waals surface area contributed by atoms with Crippen molar-refractivity contribution >= 4 is 27.3 Å². The van der Waals surface area contributed by atoms with E-state index < -0.39 is 98.0 Å². The first-order valence-corrected chi connectivity index (χ1v) is 11.7. The summed E-state index contributed by atoms with van der Waals surface area (Å²) < 4.78 is 51.3. The van der Waals surface area contributed by atoms with Crippen LogP contribution < -0.4 is 14.3 Å². The zero-order valence-electron chi connectivity index (χ0n) is 18.5. The second-order valence-electron chi connectivity index (χ2n) is 7.97. The van der Waals surface area contributed by atoms with Crippen molar-refractivity contribution in [3.05, 3.63) is 40.6 Å². The molecule has 8 N–H and O–H groups in total. The molecule has 1 saturated heterocycles. The van der Waals surface area contributed by atoms with Gasteiger partial charge in [-0.1, -0.05) is 0 Å². The molecule has 16 nitrogen and oxygen atoms in total. The van der Waals surface area contributed by atoms with Crippen LogP contribution in [0.2, 0.25) is 0 Å². The number of benzene rings is 2. The van der Waals surface area contributed by atoms with Gasteiger partial charge in [0.1, 0.15) is 35.0 Å². The summed E-state index contributed by atoms with van der Waals surface area (Å²) in [5.74, 6) is -6.06. The Labute approximate surface area is 210 Å². The average Bonchev–Trinajstić information content (AvgIpc) is 2.80. The third-order valence-electron chi connectivity index (χ3n) is 5.39. The largest absolute Gasteiger partial charge is 0.507 e.